The molecule has 2 aliphatic carbocycles. The van der Waals surface area contributed by atoms with Crippen molar-refractivity contribution in [3.8, 4) is 0 Å². The van der Waals surface area contributed by atoms with E-state index in [1.807, 2.05) is 12.1 Å². The van der Waals surface area contributed by atoms with Crippen LogP contribution in [0.25, 0.3) is 17.2 Å². The highest BCUT2D eigenvalue weighted by Gasteiger charge is 2.22. The monoisotopic (exact) mass is 421 g/mol. The number of fused-ring (bicyclic) bond motifs is 1. The number of amides is 1. The Morgan fingerprint density at radius 1 is 1.10 bits per heavy atom. The fourth-order valence-corrected chi connectivity index (χ4v) is 4.82. The number of carbonyl (C=O) groups is 1. The van der Waals surface area contributed by atoms with Gasteiger partial charge in [0.25, 0.3) is 0 Å². The first-order chi connectivity index (χ1) is 14.6. The highest BCUT2D eigenvalue weighted by molar-refractivity contribution is 7.98. The van der Waals surface area contributed by atoms with Crippen LogP contribution >= 0.6 is 11.8 Å². The lowest BCUT2D eigenvalue weighted by atomic mass is 9.89. The summed E-state index contributed by atoms with van der Waals surface area (Å²) in [6, 6.07) is 13.2. The molecule has 1 saturated carbocycles. The molecule has 0 aliphatic heterocycles. The van der Waals surface area contributed by atoms with E-state index in [2.05, 4.69) is 41.9 Å². The number of rotatable bonds is 6. The first-order valence-electron chi connectivity index (χ1n) is 10.8. The maximum absolute atomic E-state index is 14.0. The lowest BCUT2D eigenvalue weighted by Crippen LogP contribution is -2.30. The molecule has 0 bridgehead atoms. The summed E-state index contributed by atoms with van der Waals surface area (Å²) in [6.45, 7) is 0.757. The predicted octanol–water partition coefficient (Wildman–Crippen LogP) is 6.57. The molecular formula is C26H28FNOS. The second-order valence-electron chi connectivity index (χ2n) is 8.22. The largest absolute Gasteiger partial charge is 0.356 e. The summed E-state index contributed by atoms with van der Waals surface area (Å²) in [7, 11) is 0. The van der Waals surface area contributed by atoms with Crippen LogP contribution in [0.5, 0.6) is 0 Å². The zero-order chi connectivity index (χ0) is 20.9. The predicted molar refractivity (Wildman–Crippen MR) is 125 cm³/mol. The van der Waals surface area contributed by atoms with Crippen LogP contribution in [0.15, 0.2) is 53.4 Å². The van der Waals surface area contributed by atoms with Gasteiger partial charge >= 0.3 is 0 Å². The number of thioether (sulfide) groups is 1. The van der Waals surface area contributed by atoms with Gasteiger partial charge in [-0.1, -0.05) is 37.5 Å². The van der Waals surface area contributed by atoms with Crippen molar-refractivity contribution in [1.82, 2.24) is 5.32 Å². The Kier molecular flexibility index (Phi) is 6.73. The van der Waals surface area contributed by atoms with E-state index in [9.17, 15) is 9.18 Å². The van der Waals surface area contributed by atoms with Crippen molar-refractivity contribution in [3.63, 3.8) is 0 Å². The minimum atomic E-state index is -0.271. The number of halogens is 1. The summed E-state index contributed by atoms with van der Waals surface area (Å²) < 4.78 is 14.0. The molecule has 0 atom stereocenters. The van der Waals surface area contributed by atoms with Gasteiger partial charge in [-0.3, -0.25) is 4.79 Å². The standard InChI is InChI=1S/C26H28FNOS/c1-30-23-10-7-18(8-11-23)13-20-14-21(25-16-22(27)9-12-24(20)25)15-26(29)28-17-19-5-3-2-4-6-19/h7-14,16,19H,2-6,15,17H2,1H3,(H,28,29). The van der Waals surface area contributed by atoms with E-state index in [0.29, 0.717) is 5.92 Å². The van der Waals surface area contributed by atoms with E-state index in [-0.39, 0.29) is 18.1 Å². The molecule has 0 saturated heterocycles. The van der Waals surface area contributed by atoms with E-state index in [1.54, 1.807) is 17.8 Å². The summed E-state index contributed by atoms with van der Waals surface area (Å²) in [5, 5.41) is 3.11. The van der Waals surface area contributed by atoms with E-state index in [4.69, 9.17) is 0 Å². The van der Waals surface area contributed by atoms with Crippen LogP contribution in [0.1, 0.15) is 55.2 Å². The molecule has 1 fully saturated rings. The first-order valence-corrected chi connectivity index (χ1v) is 12.0. The number of carbonyl (C=O) groups excluding carboxylic acids is 1. The molecule has 0 unspecified atom stereocenters. The van der Waals surface area contributed by atoms with Gasteiger partial charge in [-0.05, 0) is 89.3 Å². The van der Waals surface area contributed by atoms with Crippen molar-refractivity contribution >= 4 is 34.9 Å². The third-order valence-electron chi connectivity index (χ3n) is 6.07. The van der Waals surface area contributed by atoms with Gasteiger partial charge in [-0.15, -0.1) is 11.8 Å². The average Bonchev–Trinajstić information content (AvgIpc) is 3.09. The second kappa shape index (κ2) is 9.65. The number of hydrogen-bond donors (Lipinski definition) is 1. The van der Waals surface area contributed by atoms with E-state index >= 15 is 0 Å². The molecule has 2 nitrogen and oxygen atoms in total. The molecule has 4 rings (SSSR count). The molecule has 156 valence electrons. The van der Waals surface area contributed by atoms with Crippen LogP contribution in [0.3, 0.4) is 0 Å². The summed E-state index contributed by atoms with van der Waals surface area (Å²) in [4.78, 5) is 13.8. The number of benzene rings is 2. The number of nitrogens with one attached hydrogen (secondary N) is 1. The Hall–Kier alpha value is -2.33. The van der Waals surface area contributed by atoms with Gasteiger partial charge in [-0.25, -0.2) is 4.39 Å². The number of hydrogen-bond acceptors (Lipinski definition) is 2. The van der Waals surface area contributed by atoms with Crippen LogP contribution in [0.2, 0.25) is 0 Å². The lowest BCUT2D eigenvalue weighted by Gasteiger charge is -2.21. The van der Waals surface area contributed by atoms with Crippen molar-refractivity contribution in [3.05, 3.63) is 71.0 Å². The molecule has 2 aromatic rings. The molecule has 0 heterocycles. The maximum Gasteiger partial charge on any atom is 0.224 e. The minimum absolute atomic E-state index is 0.0209. The second-order valence-corrected chi connectivity index (χ2v) is 9.10. The first kappa shape index (κ1) is 20.9. The van der Waals surface area contributed by atoms with E-state index < -0.39 is 0 Å². The van der Waals surface area contributed by atoms with Crippen LogP contribution in [-0.2, 0) is 4.79 Å². The van der Waals surface area contributed by atoms with E-state index in [1.165, 1.54) is 43.1 Å². The molecule has 30 heavy (non-hydrogen) atoms. The Balaban J connectivity index is 1.51. The zero-order valence-corrected chi connectivity index (χ0v) is 18.2. The fraction of sp³-hybridized carbons (Fsp3) is 0.346. The maximum atomic E-state index is 14.0. The summed E-state index contributed by atoms with van der Waals surface area (Å²) in [6.07, 6.45) is 12.7. The van der Waals surface area contributed by atoms with Crippen LogP contribution < -0.4 is 5.32 Å². The molecule has 0 aromatic heterocycles. The van der Waals surface area contributed by atoms with Crippen molar-refractivity contribution in [2.24, 2.45) is 5.92 Å². The minimum Gasteiger partial charge on any atom is -0.356 e. The summed E-state index contributed by atoms with van der Waals surface area (Å²) in [5.74, 6) is 0.352. The molecule has 1 amide bonds. The zero-order valence-electron chi connectivity index (χ0n) is 17.4. The average molecular weight is 422 g/mol. The van der Waals surface area contributed by atoms with Gasteiger partial charge in [0.15, 0.2) is 0 Å². The summed E-state index contributed by atoms with van der Waals surface area (Å²) >= 11 is 1.71. The van der Waals surface area contributed by atoms with Gasteiger partial charge in [-0.2, -0.15) is 0 Å². The van der Waals surface area contributed by atoms with Gasteiger partial charge in [0, 0.05) is 11.4 Å². The van der Waals surface area contributed by atoms with Crippen molar-refractivity contribution < 1.29 is 9.18 Å². The van der Waals surface area contributed by atoms with Crippen LogP contribution in [-0.4, -0.2) is 18.7 Å². The van der Waals surface area contributed by atoms with Crippen molar-refractivity contribution in [1.29, 1.82) is 0 Å². The quantitative estimate of drug-likeness (QED) is 0.534. The Morgan fingerprint density at radius 3 is 2.60 bits per heavy atom. The SMILES string of the molecule is CSc1ccc(C=C2C=C(CC(=O)NCC3CCCCC3)c3cc(F)ccc32)cc1. The van der Waals surface area contributed by atoms with Gasteiger partial charge in [0.05, 0.1) is 6.42 Å². The van der Waals surface area contributed by atoms with Crippen LogP contribution in [0, 0.1) is 11.7 Å². The smallest absolute Gasteiger partial charge is 0.224 e. The third kappa shape index (κ3) is 5.04. The molecule has 2 aliphatic rings. The molecule has 4 heteroatoms. The molecule has 0 radical (unpaired) electrons. The molecular weight excluding hydrogens is 393 g/mol. The molecule has 1 N–H and O–H groups in total. The summed E-state index contributed by atoms with van der Waals surface area (Å²) in [5.41, 5.74) is 4.82. The third-order valence-corrected chi connectivity index (χ3v) is 6.81. The molecule has 2 aromatic carbocycles. The van der Waals surface area contributed by atoms with Crippen molar-refractivity contribution in [2.45, 2.75) is 43.4 Å². The Bertz CT molecular complexity index is 971. The van der Waals surface area contributed by atoms with Gasteiger partial charge in [0.1, 0.15) is 5.82 Å². The van der Waals surface area contributed by atoms with Crippen molar-refractivity contribution in [2.75, 3.05) is 12.8 Å². The van der Waals surface area contributed by atoms with E-state index in [0.717, 1.165) is 34.4 Å². The van der Waals surface area contributed by atoms with Gasteiger partial charge in [0.2, 0.25) is 5.91 Å². The Labute approximate surface area is 182 Å². The lowest BCUT2D eigenvalue weighted by molar-refractivity contribution is -0.120. The van der Waals surface area contributed by atoms with Crippen LogP contribution in [0.4, 0.5) is 4.39 Å². The number of allylic oxidation sites excluding steroid dienone is 2. The van der Waals surface area contributed by atoms with Gasteiger partial charge < -0.3 is 5.32 Å². The highest BCUT2D eigenvalue weighted by atomic mass is 32.2. The highest BCUT2D eigenvalue weighted by Crippen LogP contribution is 2.38. The molecule has 0 spiro atoms. The normalized spacial score (nSPS) is 17.7. The topological polar surface area (TPSA) is 29.1 Å². The Morgan fingerprint density at radius 2 is 1.87 bits per heavy atom. The fourth-order valence-electron chi connectivity index (χ4n) is 4.41.